The Balaban J connectivity index is 2.54. The van der Waals surface area contributed by atoms with Crippen molar-refractivity contribution < 1.29 is 22.6 Å². The Morgan fingerprint density at radius 2 is 1.62 bits per heavy atom. The number of sulfonamides is 1. The van der Waals surface area contributed by atoms with Crippen LogP contribution < -0.4 is 18.9 Å². The second-order valence-electron chi connectivity index (χ2n) is 4.66. The Hall–Kier alpha value is -2.92. The molecule has 2 aromatic carbocycles. The molecule has 24 heavy (non-hydrogen) atoms. The van der Waals surface area contributed by atoms with E-state index in [9.17, 15) is 8.42 Å². The van der Waals surface area contributed by atoms with Gasteiger partial charge in [0.15, 0.2) is 4.90 Å². The van der Waals surface area contributed by atoms with Gasteiger partial charge in [0.05, 0.1) is 38.6 Å². The van der Waals surface area contributed by atoms with E-state index in [0.29, 0.717) is 11.3 Å². The van der Waals surface area contributed by atoms with Crippen molar-refractivity contribution in [3.63, 3.8) is 0 Å². The zero-order valence-corrected chi connectivity index (χ0v) is 14.2. The molecule has 2 aromatic rings. The number of anilines is 1. The molecular formula is C16H16N2O5S. The van der Waals surface area contributed by atoms with Gasteiger partial charge in [0.2, 0.25) is 0 Å². The number of nitrogens with zero attached hydrogens (tertiary/aromatic N) is 1. The molecular weight excluding hydrogens is 332 g/mol. The topological polar surface area (TPSA) is 97.6 Å². The third kappa shape index (κ3) is 3.52. The Bertz CT molecular complexity index is 863. The molecule has 0 amide bonds. The molecule has 0 saturated carbocycles. The molecule has 0 bridgehead atoms. The highest BCUT2D eigenvalue weighted by Gasteiger charge is 2.26. The van der Waals surface area contributed by atoms with Crippen LogP contribution >= 0.6 is 0 Å². The first kappa shape index (κ1) is 17.4. The zero-order chi connectivity index (χ0) is 17.7. The van der Waals surface area contributed by atoms with Crippen molar-refractivity contribution in [2.24, 2.45) is 0 Å². The molecule has 2 rings (SSSR count). The lowest BCUT2D eigenvalue weighted by Crippen LogP contribution is -2.15. The van der Waals surface area contributed by atoms with Crippen LogP contribution in [0.1, 0.15) is 5.56 Å². The number of ether oxygens (including phenoxy) is 3. The predicted octanol–water partition coefficient (Wildman–Crippen LogP) is 2.38. The predicted molar refractivity (Wildman–Crippen MR) is 88.1 cm³/mol. The van der Waals surface area contributed by atoms with Gasteiger partial charge in [0, 0.05) is 12.1 Å². The molecule has 0 radical (unpaired) electrons. The van der Waals surface area contributed by atoms with E-state index in [-0.39, 0.29) is 22.1 Å². The van der Waals surface area contributed by atoms with E-state index in [1.807, 2.05) is 6.07 Å². The number of methoxy groups -OCH3 is 3. The molecule has 7 nitrogen and oxygen atoms in total. The van der Waals surface area contributed by atoms with E-state index in [4.69, 9.17) is 19.5 Å². The summed E-state index contributed by atoms with van der Waals surface area (Å²) in [6.45, 7) is 0. The fourth-order valence-corrected chi connectivity index (χ4v) is 3.45. The summed E-state index contributed by atoms with van der Waals surface area (Å²) in [5, 5.41) is 8.92. The van der Waals surface area contributed by atoms with Crippen molar-refractivity contribution in [3.8, 4) is 23.3 Å². The van der Waals surface area contributed by atoms with Crippen LogP contribution in [-0.4, -0.2) is 29.7 Å². The second-order valence-corrected chi connectivity index (χ2v) is 6.28. The summed E-state index contributed by atoms with van der Waals surface area (Å²) in [4.78, 5) is -0.157. The summed E-state index contributed by atoms with van der Waals surface area (Å²) in [6.07, 6.45) is 0. The van der Waals surface area contributed by atoms with Gasteiger partial charge in [-0.2, -0.15) is 5.26 Å². The molecule has 0 aromatic heterocycles. The number of rotatable bonds is 6. The van der Waals surface area contributed by atoms with Gasteiger partial charge in [-0.15, -0.1) is 0 Å². The van der Waals surface area contributed by atoms with Crippen LogP contribution in [0.3, 0.4) is 0 Å². The van der Waals surface area contributed by atoms with Gasteiger partial charge in [-0.1, -0.05) is 6.07 Å². The molecule has 0 fully saturated rings. The molecule has 0 atom stereocenters. The van der Waals surface area contributed by atoms with Crippen molar-refractivity contribution in [1.82, 2.24) is 0 Å². The quantitative estimate of drug-likeness (QED) is 0.861. The zero-order valence-electron chi connectivity index (χ0n) is 13.4. The lowest BCUT2D eigenvalue weighted by Gasteiger charge is -2.16. The van der Waals surface area contributed by atoms with Crippen molar-refractivity contribution in [3.05, 3.63) is 42.0 Å². The normalized spacial score (nSPS) is 10.6. The van der Waals surface area contributed by atoms with Crippen molar-refractivity contribution in [2.75, 3.05) is 26.1 Å². The maximum atomic E-state index is 12.8. The molecule has 0 saturated heterocycles. The molecule has 1 N–H and O–H groups in total. The highest BCUT2D eigenvalue weighted by Crippen LogP contribution is 2.38. The van der Waals surface area contributed by atoms with Crippen molar-refractivity contribution in [2.45, 2.75) is 4.90 Å². The molecule has 0 aliphatic rings. The van der Waals surface area contributed by atoms with E-state index >= 15 is 0 Å². The highest BCUT2D eigenvalue weighted by atomic mass is 32.2. The summed E-state index contributed by atoms with van der Waals surface area (Å²) in [5.74, 6) is 0.555. The summed E-state index contributed by atoms with van der Waals surface area (Å²) in [7, 11) is 0.140. The van der Waals surface area contributed by atoms with Crippen LogP contribution in [-0.2, 0) is 10.0 Å². The van der Waals surface area contributed by atoms with Gasteiger partial charge >= 0.3 is 0 Å². The molecule has 0 aliphatic heterocycles. The fraction of sp³-hybridized carbons (Fsp3) is 0.188. The van der Waals surface area contributed by atoms with Gasteiger partial charge < -0.3 is 14.2 Å². The first-order valence-electron chi connectivity index (χ1n) is 6.78. The van der Waals surface area contributed by atoms with E-state index in [1.165, 1.54) is 39.5 Å². The van der Waals surface area contributed by atoms with Gasteiger partial charge in [0.1, 0.15) is 17.2 Å². The van der Waals surface area contributed by atoms with Crippen molar-refractivity contribution >= 4 is 15.7 Å². The first-order chi connectivity index (χ1) is 11.4. The van der Waals surface area contributed by atoms with Crippen LogP contribution in [0.5, 0.6) is 17.2 Å². The number of benzene rings is 2. The maximum Gasteiger partial charge on any atom is 0.269 e. The van der Waals surface area contributed by atoms with Crippen LogP contribution in [0.4, 0.5) is 5.69 Å². The van der Waals surface area contributed by atoms with E-state index in [1.54, 1.807) is 18.2 Å². The summed E-state index contributed by atoms with van der Waals surface area (Å²) >= 11 is 0. The maximum absolute atomic E-state index is 12.8. The Kier molecular flexibility index (Phi) is 5.16. The number of hydrogen-bond acceptors (Lipinski definition) is 6. The van der Waals surface area contributed by atoms with Crippen LogP contribution in [0, 0.1) is 11.3 Å². The molecule has 8 heteroatoms. The van der Waals surface area contributed by atoms with E-state index in [2.05, 4.69) is 4.72 Å². The monoisotopic (exact) mass is 348 g/mol. The Labute approximate surface area is 140 Å². The number of hydrogen-bond donors (Lipinski definition) is 1. The smallest absolute Gasteiger partial charge is 0.269 e. The highest BCUT2D eigenvalue weighted by molar-refractivity contribution is 7.93. The second kappa shape index (κ2) is 7.10. The largest absolute Gasteiger partial charge is 0.496 e. The summed E-state index contributed by atoms with van der Waals surface area (Å²) in [6, 6.07) is 11.0. The summed E-state index contributed by atoms with van der Waals surface area (Å²) < 4.78 is 43.4. The van der Waals surface area contributed by atoms with Crippen LogP contribution in [0.15, 0.2) is 41.3 Å². The third-order valence-electron chi connectivity index (χ3n) is 3.18. The molecule has 0 unspecified atom stereocenters. The number of nitriles is 1. The van der Waals surface area contributed by atoms with E-state index in [0.717, 1.165) is 0 Å². The van der Waals surface area contributed by atoms with Crippen LogP contribution in [0.25, 0.3) is 0 Å². The minimum absolute atomic E-state index is 0.0788. The lowest BCUT2D eigenvalue weighted by atomic mass is 10.2. The lowest BCUT2D eigenvalue weighted by molar-refractivity contribution is 0.359. The molecule has 0 aliphatic carbocycles. The first-order valence-corrected chi connectivity index (χ1v) is 8.26. The van der Waals surface area contributed by atoms with Gasteiger partial charge in [-0.25, -0.2) is 8.42 Å². The average molecular weight is 348 g/mol. The molecule has 126 valence electrons. The summed E-state index contributed by atoms with van der Waals surface area (Å²) in [5.41, 5.74) is 0.595. The molecule has 0 spiro atoms. The standard InChI is InChI=1S/C16H16N2O5S/c1-21-13-8-14(22-2)16(15(9-13)23-3)24(19,20)18-12-6-4-5-11(7-12)10-17/h4-9,18H,1-3H3. The minimum Gasteiger partial charge on any atom is -0.496 e. The van der Waals surface area contributed by atoms with Gasteiger partial charge in [-0.3, -0.25) is 4.72 Å². The van der Waals surface area contributed by atoms with E-state index < -0.39 is 10.0 Å². The Morgan fingerprint density at radius 1 is 1.00 bits per heavy atom. The van der Waals surface area contributed by atoms with Gasteiger partial charge in [-0.05, 0) is 18.2 Å². The fourth-order valence-electron chi connectivity index (χ4n) is 2.10. The van der Waals surface area contributed by atoms with Gasteiger partial charge in [0.25, 0.3) is 10.0 Å². The SMILES string of the molecule is COc1cc(OC)c(S(=O)(=O)Nc2cccc(C#N)c2)c(OC)c1. The number of nitrogens with one attached hydrogen (secondary N) is 1. The Morgan fingerprint density at radius 3 is 2.12 bits per heavy atom. The van der Waals surface area contributed by atoms with Crippen molar-refractivity contribution in [1.29, 1.82) is 5.26 Å². The average Bonchev–Trinajstić information content (AvgIpc) is 2.59. The van der Waals surface area contributed by atoms with Crippen LogP contribution in [0.2, 0.25) is 0 Å². The third-order valence-corrected chi connectivity index (χ3v) is 4.63. The molecule has 0 heterocycles. The minimum atomic E-state index is -4.01.